The molecular formula is C8H14N2O. The smallest absolute Gasteiger partial charge is 0.137 e. The van der Waals surface area contributed by atoms with Crippen molar-refractivity contribution in [3.63, 3.8) is 0 Å². The summed E-state index contributed by atoms with van der Waals surface area (Å²) in [5.74, 6) is 0.874. The maximum atomic E-state index is 5.48. The van der Waals surface area contributed by atoms with Crippen LogP contribution in [0.3, 0.4) is 0 Å². The third-order valence-electron chi connectivity index (χ3n) is 1.57. The van der Waals surface area contributed by atoms with E-state index in [2.05, 4.69) is 9.97 Å². The third-order valence-corrected chi connectivity index (χ3v) is 1.57. The summed E-state index contributed by atoms with van der Waals surface area (Å²) >= 11 is 0. The van der Waals surface area contributed by atoms with Crippen LogP contribution in [0.5, 0.6) is 0 Å². The van der Waals surface area contributed by atoms with E-state index in [0.717, 1.165) is 5.82 Å². The van der Waals surface area contributed by atoms with Crippen LogP contribution in [0.2, 0.25) is 0 Å². The fraction of sp³-hybridized carbons (Fsp3) is 0.625. The van der Waals surface area contributed by atoms with Crippen molar-refractivity contribution < 1.29 is 4.74 Å². The van der Waals surface area contributed by atoms with Gasteiger partial charge in [-0.1, -0.05) is 0 Å². The number of imidazole rings is 1. The van der Waals surface area contributed by atoms with E-state index < -0.39 is 0 Å². The van der Waals surface area contributed by atoms with E-state index in [-0.39, 0.29) is 5.60 Å². The molecule has 1 heterocycles. The van der Waals surface area contributed by atoms with Crippen molar-refractivity contribution in [1.82, 2.24) is 9.97 Å². The molecule has 0 aliphatic rings. The molecule has 0 unspecified atom stereocenters. The van der Waals surface area contributed by atoms with E-state index in [1.807, 2.05) is 20.8 Å². The molecule has 0 bridgehead atoms. The van der Waals surface area contributed by atoms with Gasteiger partial charge in [-0.3, -0.25) is 0 Å². The molecule has 0 aliphatic carbocycles. The first kappa shape index (κ1) is 8.27. The lowest BCUT2D eigenvalue weighted by molar-refractivity contribution is -0.0202. The Morgan fingerprint density at radius 2 is 2.36 bits per heavy atom. The quantitative estimate of drug-likeness (QED) is 0.719. The monoisotopic (exact) mass is 154 g/mol. The number of nitrogens with zero attached hydrogens (tertiary/aromatic N) is 1. The molecule has 3 nitrogen and oxygen atoms in total. The number of nitrogens with one attached hydrogen (secondary N) is 1. The second kappa shape index (κ2) is 3.05. The van der Waals surface area contributed by atoms with Crippen LogP contribution in [-0.4, -0.2) is 16.6 Å². The Morgan fingerprint density at radius 1 is 1.64 bits per heavy atom. The normalized spacial score (nSPS) is 11.9. The fourth-order valence-corrected chi connectivity index (χ4v) is 1.02. The Hall–Kier alpha value is -0.830. The molecule has 1 N–H and O–H groups in total. The summed E-state index contributed by atoms with van der Waals surface area (Å²) in [6.45, 7) is 6.67. The molecule has 0 fully saturated rings. The molecule has 1 rings (SSSR count). The Balaban J connectivity index is 2.73. The van der Waals surface area contributed by atoms with Crippen LogP contribution >= 0.6 is 0 Å². The van der Waals surface area contributed by atoms with Gasteiger partial charge in [0.25, 0.3) is 0 Å². The number of aromatic nitrogens is 2. The van der Waals surface area contributed by atoms with Crippen molar-refractivity contribution in [3.05, 3.63) is 18.2 Å². The van der Waals surface area contributed by atoms with Crippen molar-refractivity contribution in [2.45, 2.75) is 26.4 Å². The molecular weight excluding hydrogens is 140 g/mol. The van der Waals surface area contributed by atoms with E-state index in [0.29, 0.717) is 6.61 Å². The second-order valence-corrected chi connectivity index (χ2v) is 2.88. The van der Waals surface area contributed by atoms with Crippen LogP contribution in [0.1, 0.15) is 26.6 Å². The van der Waals surface area contributed by atoms with E-state index in [1.165, 1.54) is 0 Å². The number of hydrogen-bond donors (Lipinski definition) is 1. The Morgan fingerprint density at radius 3 is 2.82 bits per heavy atom. The Kier molecular flexibility index (Phi) is 2.29. The van der Waals surface area contributed by atoms with Crippen LogP contribution in [-0.2, 0) is 10.3 Å². The summed E-state index contributed by atoms with van der Waals surface area (Å²) in [6.07, 6.45) is 3.53. The third kappa shape index (κ3) is 1.80. The average molecular weight is 154 g/mol. The zero-order valence-electron chi connectivity index (χ0n) is 7.22. The standard InChI is InChI=1S/C8H14N2O/c1-4-11-8(2,3)7-9-5-6-10-7/h5-6H,4H2,1-3H3,(H,9,10). The van der Waals surface area contributed by atoms with Gasteiger partial charge in [-0.25, -0.2) is 4.98 Å². The van der Waals surface area contributed by atoms with Crippen molar-refractivity contribution in [1.29, 1.82) is 0 Å². The summed E-state index contributed by atoms with van der Waals surface area (Å²) < 4.78 is 5.48. The molecule has 0 spiro atoms. The predicted molar refractivity (Wildman–Crippen MR) is 43.2 cm³/mol. The second-order valence-electron chi connectivity index (χ2n) is 2.88. The summed E-state index contributed by atoms with van der Waals surface area (Å²) in [5.41, 5.74) is -0.293. The molecule has 3 heteroatoms. The van der Waals surface area contributed by atoms with Crippen LogP contribution < -0.4 is 0 Å². The fourth-order valence-electron chi connectivity index (χ4n) is 1.02. The molecule has 0 radical (unpaired) electrons. The number of hydrogen-bond acceptors (Lipinski definition) is 2. The molecule has 0 amide bonds. The lowest BCUT2D eigenvalue weighted by Crippen LogP contribution is -2.23. The van der Waals surface area contributed by atoms with Gasteiger partial charge in [-0.2, -0.15) is 0 Å². The van der Waals surface area contributed by atoms with Crippen molar-refractivity contribution in [2.75, 3.05) is 6.61 Å². The number of ether oxygens (including phenoxy) is 1. The number of rotatable bonds is 3. The van der Waals surface area contributed by atoms with Gasteiger partial charge in [-0.05, 0) is 20.8 Å². The van der Waals surface area contributed by atoms with Gasteiger partial charge in [0, 0.05) is 19.0 Å². The Labute approximate surface area is 66.8 Å². The van der Waals surface area contributed by atoms with E-state index in [4.69, 9.17) is 4.74 Å². The lowest BCUT2D eigenvalue weighted by atomic mass is 10.1. The summed E-state index contributed by atoms with van der Waals surface area (Å²) in [6, 6.07) is 0. The maximum absolute atomic E-state index is 5.48. The van der Waals surface area contributed by atoms with Crippen LogP contribution in [0.4, 0.5) is 0 Å². The first-order valence-corrected chi connectivity index (χ1v) is 3.80. The molecule has 62 valence electrons. The SMILES string of the molecule is CCOC(C)(C)c1ncc[nH]1. The van der Waals surface area contributed by atoms with Gasteiger partial charge in [0.15, 0.2) is 0 Å². The average Bonchev–Trinajstić information content (AvgIpc) is 2.37. The number of H-pyrrole nitrogens is 1. The van der Waals surface area contributed by atoms with Gasteiger partial charge in [0.05, 0.1) is 0 Å². The molecule has 1 aromatic heterocycles. The molecule has 0 aliphatic heterocycles. The molecule has 0 saturated carbocycles. The lowest BCUT2D eigenvalue weighted by Gasteiger charge is -2.21. The number of aromatic amines is 1. The first-order chi connectivity index (χ1) is 5.17. The van der Waals surface area contributed by atoms with Crippen molar-refractivity contribution >= 4 is 0 Å². The van der Waals surface area contributed by atoms with Gasteiger partial charge >= 0.3 is 0 Å². The highest BCUT2D eigenvalue weighted by atomic mass is 16.5. The summed E-state index contributed by atoms with van der Waals surface area (Å²) in [7, 11) is 0. The van der Waals surface area contributed by atoms with Crippen LogP contribution in [0.25, 0.3) is 0 Å². The van der Waals surface area contributed by atoms with Crippen LogP contribution in [0.15, 0.2) is 12.4 Å². The van der Waals surface area contributed by atoms with E-state index in [9.17, 15) is 0 Å². The van der Waals surface area contributed by atoms with Crippen molar-refractivity contribution in [2.24, 2.45) is 0 Å². The zero-order valence-corrected chi connectivity index (χ0v) is 7.22. The minimum absolute atomic E-state index is 0.293. The van der Waals surface area contributed by atoms with Crippen molar-refractivity contribution in [3.8, 4) is 0 Å². The predicted octanol–water partition coefficient (Wildman–Crippen LogP) is 1.68. The molecule has 0 saturated heterocycles. The maximum Gasteiger partial charge on any atom is 0.137 e. The van der Waals surface area contributed by atoms with Gasteiger partial charge < -0.3 is 9.72 Å². The Bertz CT molecular complexity index is 204. The largest absolute Gasteiger partial charge is 0.368 e. The molecule has 0 aromatic carbocycles. The topological polar surface area (TPSA) is 37.9 Å². The van der Waals surface area contributed by atoms with Gasteiger partial charge in [0.2, 0.25) is 0 Å². The minimum atomic E-state index is -0.293. The van der Waals surface area contributed by atoms with Crippen LogP contribution in [0, 0.1) is 0 Å². The van der Waals surface area contributed by atoms with Gasteiger partial charge in [-0.15, -0.1) is 0 Å². The highest BCUT2D eigenvalue weighted by Crippen LogP contribution is 2.19. The zero-order chi connectivity index (χ0) is 8.32. The van der Waals surface area contributed by atoms with E-state index >= 15 is 0 Å². The molecule has 11 heavy (non-hydrogen) atoms. The summed E-state index contributed by atoms with van der Waals surface area (Å²) in [5, 5.41) is 0. The van der Waals surface area contributed by atoms with E-state index in [1.54, 1.807) is 12.4 Å². The van der Waals surface area contributed by atoms with Gasteiger partial charge in [0.1, 0.15) is 11.4 Å². The molecule has 0 atom stereocenters. The first-order valence-electron chi connectivity index (χ1n) is 3.80. The summed E-state index contributed by atoms with van der Waals surface area (Å²) in [4.78, 5) is 7.15. The highest BCUT2D eigenvalue weighted by molar-refractivity contribution is 4.98. The highest BCUT2D eigenvalue weighted by Gasteiger charge is 2.22. The minimum Gasteiger partial charge on any atom is -0.368 e. The molecule has 1 aromatic rings.